The monoisotopic (exact) mass is 679 g/mol. The number of carbonyl (C=O) groups excluding carboxylic acids is 1. The van der Waals surface area contributed by atoms with Crippen molar-refractivity contribution in [2.75, 3.05) is 0 Å². The highest BCUT2D eigenvalue weighted by molar-refractivity contribution is 14.1. The van der Waals surface area contributed by atoms with E-state index in [0.717, 1.165) is 44.1 Å². The Hall–Kier alpha value is -1.21. The molecule has 0 aliphatic heterocycles. The summed E-state index contributed by atoms with van der Waals surface area (Å²) in [6.07, 6.45) is 8.03. The Morgan fingerprint density at radius 2 is 1.85 bits per heavy atom. The molecule has 2 aromatic rings. The Bertz CT molecular complexity index is 937. The zero-order valence-corrected chi connectivity index (χ0v) is 23.3. The molecule has 33 heavy (non-hydrogen) atoms. The first-order valence-corrected chi connectivity index (χ1v) is 13.5. The third kappa shape index (κ3) is 8.20. The molecule has 9 heteroatoms. The van der Waals surface area contributed by atoms with Crippen LogP contribution in [0.5, 0.6) is 0 Å². The second kappa shape index (κ2) is 12.5. The number of aliphatic carboxylic acids is 1. The first-order valence-electron chi connectivity index (χ1n) is 11.3. The summed E-state index contributed by atoms with van der Waals surface area (Å²) in [4.78, 5) is 29.3. The number of aromatic nitrogens is 2. The van der Waals surface area contributed by atoms with Gasteiger partial charge in [-0.2, -0.15) is 0 Å². The lowest BCUT2D eigenvalue weighted by molar-refractivity contribution is -0.152. The van der Waals surface area contributed by atoms with Crippen molar-refractivity contribution >= 4 is 57.1 Å². The van der Waals surface area contributed by atoms with E-state index in [1.807, 2.05) is 18.4 Å². The Morgan fingerprint density at radius 1 is 1.18 bits per heavy atom. The molecule has 2 atom stereocenters. The van der Waals surface area contributed by atoms with Crippen molar-refractivity contribution in [3.63, 3.8) is 0 Å². The Labute approximate surface area is 222 Å². The van der Waals surface area contributed by atoms with Gasteiger partial charge in [0, 0.05) is 32.0 Å². The van der Waals surface area contributed by atoms with Crippen LogP contribution in [-0.2, 0) is 27.3 Å². The second-order valence-corrected chi connectivity index (χ2v) is 11.6. The van der Waals surface area contributed by atoms with E-state index in [1.165, 1.54) is 0 Å². The van der Waals surface area contributed by atoms with Crippen molar-refractivity contribution in [1.82, 2.24) is 14.9 Å². The van der Waals surface area contributed by atoms with Crippen molar-refractivity contribution in [2.24, 2.45) is 5.92 Å². The van der Waals surface area contributed by atoms with Crippen LogP contribution in [0.25, 0.3) is 0 Å². The Kier molecular flexibility index (Phi) is 9.98. The van der Waals surface area contributed by atoms with Crippen molar-refractivity contribution in [3.05, 3.63) is 49.1 Å². The summed E-state index contributed by atoms with van der Waals surface area (Å²) in [5.41, 5.74) is 2.00. The minimum Gasteiger partial charge on any atom is -0.480 e. The van der Waals surface area contributed by atoms with E-state index < -0.39 is 18.1 Å². The molecule has 3 rings (SSSR count). The van der Waals surface area contributed by atoms with Gasteiger partial charge in [-0.3, -0.25) is 14.9 Å². The van der Waals surface area contributed by atoms with Crippen LogP contribution in [0.4, 0.5) is 0 Å². The van der Waals surface area contributed by atoms with Crippen molar-refractivity contribution in [2.45, 2.75) is 77.1 Å². The molecular formula is C24H31I2N3O4. The van der Waals surface area contributed by atoms with Gasteiger partial charge in [-0.05, 0) is 107 Å². The highest BCUT2D eigenvalue weighted by Crippen LogP contribution is 2.22. The van der Waals surface area contributed by atoms with E-state index in [4.69, 9.17) is 4.74 Å². The molecule has 7 nitrogen and oxygen atoms in total. The Balaban J connectivity index is 1.79. The van der Waals surface area contributed by atoms with Crippen LogP contribution in [0.3, 0.4) is 0 Å². The van der Waals surface area contributed by atoms with Crippen LogP contribution in [0.1, 0.15) is 57.2 Å². The minimum atomic E-state index is -0.954. The van der Waals surface area contributed by atoms with Crippen LogP contribution in [0.15, 0.2) is 30.7 Å². The van der Waals surface area contributed by atoms with Gasteiger partial charge >= 0.3 is 11.9 Å². The van der Waals surface area contributed by atoms with Gasteiger partial charge in [0.15, 0.2) is 0 Å². The number of ether oxygens (including phenoxy) is 1. The maximum absolute atomic E-state index is 13.1. The normalized spacial score (nSPS) is 16.2. The van der Waals surface area contributed by atoms with Crippen LogP contribution in [0.2, 0.25) is 0 Å². The summed E-state index contributed by atoms with van der Waals surface area (Å²) in [5.74, 6) is -1.16. The van der Waals surface area contributed by atoms with Gasteiger partial charge in [-0.15, -0.1) is 0 Å². The third-order valence-corrected chi connectivity index (χ3v) is 7.01. The largest absolute Gasteiger partial charge is 0.480 e. The topological polar surface area (TPSA) is 93.5 Å². The molecule has 1 aliphatic rings. The number of carboxylic acid groups (broad SMARTS) is 1. The molecule has 1 heterocycles. The van der Waals surface area contributed by atoms with Gasteiger partial charge in [0.25, 0.3) is 0 Å². The van der Waals surface area contributed by atoms with E-state index >= 15 is 0 Å². The molecule has 1 aromatic carbocycles. The summed E-state index contributed by atoms with van der Waals surface area (Å²) in [6.45, 7) is 4.57. The molecular weight excluding hydrogens is 648 g/mol. The van der Waals surface area contributed by atoms with Gasteiger partial charge in [0.2, 0.25) is 0 Å². The standard InChI is InChI=1S/C24H31I2N3O4/c1-15(2)7-21(23(30)31)28-22(24(32)33-20-5-3-4-6-20)11-19-12-27-14-29(19)13-16-8-17(25)10-18(26)9-16/h8-10,12,14-15,20-22,28H,3-7,11,13H2,1-2H3,(H,30,31). The molecule has 1 fully saturated rings. The van der Waals surface area contributed by atoms with Crippen LogP contribution < -0.4 is 5.32 Å². The SMILES string of the molecule is CC(C)CC(NC(Cc1cncn1Cc1cc(I)cc(I)c1)C(=O)OC1CCCC1)C(=O)O. The first kappa shape index (κ1) is 26.4. The van der Waals surface area contributed by atoms with Gasteiger partial charge in [0.1, 0.15) is 18.2 Å². The summed E-state index contributed by atoms with van der Waals surface area (Å²) in [7, 11) is 0. The average Bonchev–Trinajstić information content (AvgIpc) is 3.37. The summed E-state index contributed by atoms with van der Waals surface area (Å²) in [6, 6.07) is 4.79. The molecule has 2 N–H and O–H groups in total. The molecule has 1 aromatic heterocycles. The number of hydrogen-bond acceptors (Lipinski definition) is 5. The number of imidazole rings is 1. The molecule has 0 amide bonds. The van der Waals surface area contributed by atoms with E-state index in [9.17, 15) is 14.7 Å². The smallest absolute Gasteiger partial charge is 0.323 e. The number of benzene rings is 1. The number of carbonyl (C=O) groups is 2. The molecule has 0 radical (unpaired) electrons. The zero-order chi connectivity index (χ0) is 24.0. The number of carboxylic acids is 1. The maximum atomic E-state index is 13.1. The fraction of sp³-hybridized carbons (Fsp3) is 0.542. The second-order valence-electron chi connectivity index (χ2n) is 9.08. The number of esters is 1. The zero-order valence-electron chi connectivity index (χ0n) is 19.0. The quantitative estimate of drug-likeness (QED) is 0.266. The van der Waals surface area contributed by atoms with Crippen LogP contribution in [-0.4, -0.2) is 44.8 Å². The Morgan fingerprint density at radius 3 is 2.45 bits per heavy atom. The summed E-state index contributed by atoms with van der Waals surface area (Å²) < 4.78 is 10.1. The first-order chi connectivity index (χ1) is 15.7. The van der Waals surface area contributed by atoms with Crippen molar-refractivity contribution < 1.29 is 19.4 Å². The van der Waals surface area contributed by atoms with E-state index in [1.54, 1.807) is 12.5 Å². The lowest BCUT2D eigenvalue weighted by Gasteiger charge is -2.25. The van der Waals surface area contributed by atoms with E-state index in [2.05, 4.69) is 73.7 Å². The highest BCUT2D eigenvalue weighted by atomic mass is 127. The predicted molar refractivity (Wildman–Crippen MR) is 143 cm³/mol. The number of hydrogen-bond donors (Lipinski definition) is 2. The van der Waals surface area contributed by atoms with Crippen molar-refractivity contribution in [1.29, 1.82) is 0 Å². The van der Waals surface area contributed by atoms with Gasteiger partial charge in [-0.25, -0.2) is 4.98 Å². The lowest BCUT2D eigenvalue weighted by atomic mass is 10.0. The fourth-order valence-electron chi connectivity index (χ4n) is 4.19. The lowest BCUT2D eigenvalue weighted by Crippen LogP contribution is -2.50. The van der Waals surface area contributed by atoms with Crippen LogP contribution >= 0.6 is 45.2 Å². The highest BCUT2D eigenvalue weighted by Gasteiger charge is 2.31. The molecule has 0 spiro atoms. The summed E-state index contributed by atoms with van der Waals surface area (Å²) in [5, 5.41) is 12.8. The number of rotatable bonds is 11. The molecule has 1 saturated carbocycles. The summed E-state index contributed by atoms with van der Waals surface area (Å²) >= 11 is 4.61. The van der Waals surface area contributed by atoms with E-state index in [-0.39, 0.29) is 18.0 Å². The van der Waals surface area contributed by atoms with Crippen molar-refractivity contribution in [3.8, 4) is 0 Å². The predicted octanol–water partition coefficient (Wildman–Crippen LogP) is 4.63. The third-order valence-electron chi connectivity index (χ3n) is 5.76. The van der Waals surface area contributed by atoms with Gasteiger partial charge in [0.05, 0.1) is 6.33 Å². The maximum Gasteiger partial charge on any atom is 0.323 e. The molecule has 0 bridgehead atoms. The van der Waals surface area contributed by atoms with Gasteiger partial charge < -0.3 is 14.4 Å². The number of halogens is 2. The number of nitrogens with one attached hydrogen (secondary N) is 1. The minimum absolute atomic E-state index is 0.0754. The van der Waals surface area contributed by atoms with Gasteiger partial charge in [-0.1, -0.05) is 13.8 Å². The average molecular weight is 679 g/mol. The van der Waals surface area contributed by atoms with E-state index in [0.29, 0.717) is 19.4 Å². The molecule has 2 unspecified atom stereocenters. The fourth-order valence-corrected chi connectivity index (χ4v) is 6.25. The molecule has 1 aliphatic carbocycles. The number of nitrogens with zero attached hydrogens (tertiary/aromatic N) is 2. The molecule has 0 saturated heterocycles. The van der Waals surface area contributed by atoms with Crippen LogP contribution in [0, 0.1) is 13.1 Å². The molecule has 180 valence electrons.